The first kappa shape index (κ1) is 16.8. The molecule has 0 aromatic heterocycles. The van der Waals surface area contributed by atoms with Crippen LogP contribution in [0, 0.1) is 0 Å². The summed E-state index contributed by atoms with van der Waals surface area (Å²) in [6.45, 7) is 9.73. The van der Waals surface area contributed by atoms with Gasteiger partial charge in [0.15, 0.2) is 0 Å². The van der Waals surface area contributed by atoms with E-state index < -0.39 is 0 Å². The highest BCUT2D eigenvalue weighted by atomic mass is 79.9. The molecule has 0 N–H and O–H groups in total. The molecule has 0 spiro atoms. The van der Waals surface area contributed by atoms with Crippen molar-refractivity contribution in [1.29, 1.82) is 0 Å². The molecule has 0 atom stereocenters. The molecule has 2 aliphatic rings. The van der Waals surface area contributed by atoms with E-state index in [1.165, 1.54) is 65.6 Å². The molecule has 2 saturated heterocycles. The third-order valence-corrected chi connectivity index (χ3v) is 4.52. The topological polar surface area (TPSA) is 0 Å². The summed E-state index contributed by atoms with van der Waals surface area (Å²) >= 11 is 7.16. The third kappa shape index (κ3) is 3.41. The highest BCUT2D eigenvalue weighted by Gasteiger charge is 2.54. The monoisotopic (exact) mass is 470 g/mol. The fourth-order valence-corrected chi connectivity index (χ4v) is 4.44. The van der Waals surface area contributed by atoms with E-state index in [2.05, 4.69) is 31.9 Å². The Morgan fingerprint density at radius 1 is 0.733 bits per heavy atom. The quantitative estimate of drug-likeness (QED) is 0.285. The molecule has 0 radical (unpaired) electrons. The van der Waals surface area contributed by atoms with Crippen LogP contribution in [0.4, 0.5) is 0 Å². The van der Waals surface area contributed by atoms with E-state index in [-0.39, 0.29) is 34.0 Å². The van der Waals surface area contributed by atoms with E-state index in [1.807, 2.05) is 0 Å². The van der Waals surface area contributed by atoms with Crippen molar-refractivity contribution in [3.8, 4) is 0 Å². The van der Waals surface area contributed by atoms with Crippen molar-refractivity contribution < 1.29 is 42.9 Å². The lowest BCUT2D eigenvalue weighted by Crippen LogP contribution is -3.00. The zero-order chi connectivity index (χ0) is 9.36. The van der Waals surface area contributed by atoms with Gasteiger partial charge in [0.2, 0.25) is 6.67 Å². The van der Waals surface area contributed by atoms with E-state index in [9.17, 15) is 0 Å². The standard InChI is InChI=1S/C9H18Br2N2.2BrH/c10-1-3-12-5-7-13(9-12,4-2-11)8-6-12;;/h1-9H2;2*1H/q+2;;/p-2. The minimum absolute atomic E-state index is 0. The zero-order valence-electron chi connectivity index (χ0n) is 8.77. The van der Waals surface area contributed by atoms with Gasteiger partial charge in [-0.1, -0.05) is 31.9 Å². The lowest BCUT2D eigenvalue weighted by atomic mass is 10.3. The Morgan fingerprint density at radius 2 is 1.07 bits per heavy atom. The third-order valence-electron chi connectivity index (χ3n) is 3.82. The Balaban J connectivity index is 0.000000980. The molecule has 2 rings (SSSR count). The lowest BCUT2D eigenvalue weighted by molar-refractivity contribution is -0.985. The van der Waals surface area contributed by atoms with Crippen molar-refractivity contribution >= 4 is 31.9 Å². The van der Waals surface area contributed by atoms with Crippen LogP contribution in [0.2, 0.25) is 0 Å². The van der Waals surface area contributed by atoms with Gasteiger partial charge in [-0.25, -0.2) is 0 Å². The van der Waals surface area contributed by atoms with Crippen LogP contribution in [0.25, 0.3) is 0 Å². The number of nitrogens with zero attached hydrogens (tertiary/aromatic N) is 2. The highest BCUT2D eigenvalue weighted by Crippen LogP contribution is 2.31. The summed E-state index contributed by atoms with van der Waals surface area (Å²) in [6.07, 6.45) is 0. The Kier molecular flexibility index (Phi) is 7.51. The minimum Gasteiger partial charge on any atom is -1.00 e. The molecule has 0 aromatic carbocycles. The molecule has 0 aliphatic carbocycles. The van der Waals surface area contributed by atoms with E-state index in [1.54, 1.807) is 0 Å². The second kappa shape index (κ2) is 6.69. The fourth-order valence-electron chi connectivity index (χ4n) is 2.94. The zero-order valence-corrected chi connectivity index (χ0v) is 15.1. The van der Waals surface area contributed by atoms with Crippen molar-refractivity contribution in [2.45, 2.75) is 0 Å². The number of quaternary nitrogens is 2. The number of hydrogen-bond donors (Lipinski definition) is 0. The van der Waals surface area contributed by atoms with Gasteiger partial charge in [-0.2, -0.15) is 0 Å². The Hall–Kier alpha value is 1.84. The normalized spacial score (nSPS) is 37.2. The summed E-state index contributed by atoms with van der Waals surface area (Å²) in [7, 11) is 0. The average Bonchev–Trinajstić information content (AvgIpc) is 2.61. The second-order valence-electron chi connectivity index (χ2n) is 4.54. The summed E-state index contributed by atoms with van der Waals surface area (Å²) in [6, 6.07) is 0. The van der Waals surface area contributed by atoms with E-state index in [4.69, 9.17) is 0 Å². The molecular weight excluding hydrogens is 456 g/mol. The van der Waals surface area contributed by atoms with E-state index >= 15 is 0 Å². The van der Waals surface area contributed by atoms with Crippen LogP contribution < -0.4 is 34.0 Å². The molecule has 2 aliphatic heterocycles. The molecule has 2 nitrogen and oxygen atoms in total. The second-order valence-corrected chi connectivity index (χ2v) is 6.13. The summed E-state index contributed by atoms with van der Waals surface area (Å²) in [4.78, 5) is 0. The minimum atomic E-state index is 0. The van der Waals surface area contributed by atoms with Crippen molar-refractivity contribution in [2.24, 2.45) is 0 Å². The molecule has 0 saturated carbocycles. The van der Waals surface area contributed by atoms with Crippen LogP contribution in [0.3, 0.4) is 0 Å². The summed E-state index contributed by atoms with van der Waals surface area (Å²) in [5, 5.41) is 2.34. The summed E-state index contributed by atoms with van der Waals surface area (Å²) in [5.41, 5.74) is 0. The van der Waals surface area contributed by atoms with Crippen molar-refractivity contribution in [1.82, 2.24) is 0 Å². The van der Waals surface area contributed by atoms with Crippen molar-refractivity contribution in [3.63, 3.8) is 0 Å². The number of fused-ring (bicyclic) bond motifs is 2. The van der Waals surface area contributed by atoms with Crippen molar-refractivity contribution in [2.75, 3.05) is 56.6 Å². The molecule has 0 unspecified atom stereocenters. The molecule has 92 valence electrons. The Bertz CT molecular complexity index is 173. The number of halogens is 4. The predicted octanol–water partition coefficient (Wildman–Crippen LogP) is -4.60. The van der Waals surface area contributed by atoms with Gasteiger partial charge in [-0.05, 0) is 0 Å². The summed E-state index contributed by atoms with van der Waals surface area (Å²) in [5.74, 6) is 0. The SMILES string of the molecule is BrCC[N+]12CC[N+](CCBr)(CC1)C2.[Br-].[Br-]. The van der Waals surface area contributed by atoms with Gasteiger partial charge in [0.05, 0.1) is 23.7 Å². The van der Waals surface area contributed by atoms with Crippen molar-refractivity contribution in [3.05, 3.63) is 0 Å². The van der Waals surface area contributed by atoms with Gasteiger partial charge in [-0.15, -0.1) is 0 Å². The average molecular weight is 474 g/mol. The van der Waals surface area contributed by atoms with Crippen LogP contribution in [-0.4, -0.2) is 65.6 Å². The fraction of sp³-hybridized carbons (Fsp3) is 1.00. The van der Waals surface area contributed by atoms with Crippen LogP contribution in [0.1, 0.15) is 0 Å². The first-order chi connectivity index (χ1) is 6.24. The van der Waals surface area contributed by atoms with Gasteiger partial charge in [0.1, 0.15) is 26.2 Å². The largest absolute Gasteiger partial charge is 1.00 e. The van der Waals surface area contributed by atoms with Crippen LogP contribution in [0.5, 0.6) is 0 Å². The first-order valence-corrected chi connectivity index (χ1v) is 7.31. The highest BCUT2D eigenvalue weighted by molar-refractivity contribution is 9.09. The first-order valence-electron chi connectivity index (χ1n) is 5.06. The van der Waals surface area contributed by atoms with Gasteiger partial charge in [0.25, 0.3) is 0 Å². The van der Waals surface area contributed by atoms with Crippen LogP contribution >= 0.6 is 31.9 Å². The van der Waals surface area contributed by atoms with Gasteiger partial charge >= 0.3 is 0 Å². The maximum absolute atomic E-state index is 3.58. The van der Waals surface area contributed by atoms with Crippen LogP contribution in [-0.2, 0) is 0 Å². The maximum atomic E-state index is 3.58. The molecule has 15 heavy (non-hydrogen) atoms. The Labute approximate surface area is 130 Å². The van der Waals surface area contributed by atoms with Gasteiger partial charge in [0, 0.05) is 0 Å². The van der Waals surface area contributed by atoms with E-state index in [0.717, 1.165) is 0 Å². The molecule has 6 heteroatoms. The predicted molar refractivity (Wildman–Crippen MR) is 62.2 cm³/mol. The molecular formula is C9H18Br4N2. The number of rotatable bonds is 4. The molecule has 2 heterocycles. The maximum Gasteiger partial charge on any atom is 0.208 e. The van der Waals surface area contributed by atoms with Gasteiger partial charge < -0.3 is 34.0 Å². The van der Waals surface area contributed by atoms with E-state index in [0.29, 0.717) is 0 Å². The molecule has 2 fully saturated rings. The number of hydrogen-bond acceptors (Lipinski definition) is 0. The number of piperazine rings is 1. The smallest absolute Gasteiger partial charge is 0.208 e. The lowest BCUT2D eigenvalue weighted by Gasteiger charge is -2.26. The molecule has 0 amide bonds. The van der Waals surface area contributed by atoms with Crippen LogP contribution in [0.15, 0.2) is 0 Å². The molecule has 0 aromatic rings. The molecule has 2 bridgehead atoms. The van der Waals surface area contributed by atoms with Gasteiger partial charge in [-0.3, -0.25) is 8.97 Å². The number of alkyl halides is 2. The Morgan fingerprint density at radius 3 is 1.33 bits per heavy atom. The summed E-state index contributed by atoms with van der Waals surface area (Å²) < 4.78 is 2.77.